The molecule has 1 aromatic carbocycles. The van der Waals surface area contributed by atoms with Gasteiger partial charge in [0.15, 0.2) is 0 Å². The van der Waals surface area contributed by atoms with Gasteiger partial charge in [0.05, 0.1) is 0 Å². The molecule has 2 aromatic rings. The van der Waals surface area contributed by atoms with Gasteiger partial charge in [0.2, 0.25) is 5.91 Å². The third-order valence-corrected chi connectivity index (χ3v) is 4.34. The van der Waals surface area contributed by atoms with Crippen molar-refractivity contribution in [3.05, 3.63) is 53.6 Å². The van der Waals surface area contributed by atoms with E-state index in [2.05, 4.69) is 10.3 Å². The lowest BCUT2D eigenvalue weighted by atomic mass is 10.1. The molecule has 1 saturated heterocycles. The Morgan fingerprint density at radius 2 is 2.20 bits per heavy atom. The van der Waals surface area contributed by atoms with Gasteiger partial charge in [-0.1, -0.05) is 0 Å². The number of hydrogen-bond donors (Lipinski definition) is 1. The van der Waals surface area contributed by atoms with Crippen LogP contribution in [0.3, 0.4) is 0 Å². The third-order valence-electron chi connectivity index (χ3n) is 4.34. The molecule has 3 rings (SSSR count). The average Bonchev–Trinajstić information content (AvgIpc) is 3.01. The van der Waals surface area contributed by atoms with Crippen molar-refractivity contribution < 1.29 is 13.6 Å². The molecule has 0 bridgehead atoms. The number of carbonyl (C=O) groups excluding carboxylic acids is 1. The highest BCUT2D eigenvalue weighted by Crippen LogP contribution is 2.22. The Hall–Kier alpha value is -1.99. The molecule has 136 valence electrons. The first kappa shape index (κ1) is 19.3. The molecule has 0 radical (unpaired) electrons. The number of rotatable bonds is 4. The monoisotopic (exact) mass is 370 g/mol. The third kappa shape index (κ3) is 4.35. The van der Waals surface area contributed by atoms with Gasteiger partial charge in [-0.3, -0.25) is 4.79 Å². The van der Waals surface area contributed by atoms with Crippen molar-refractivity contribution in [2.45, 2.75) is 18.9 Å². The van der Waals surface area contributed by atoms with Crippen LogP contribution in [0.4, 0.5) is 8.78 Å². The molecular formula is C17H21ClF2N4O. The zero-order valence-electron chi connectivity index (χ0n) is 13.9. The summed E-state index contributed by atoms with van der Waals surface area (Å²) in [6.45, 7) is 1.91. The van der Waals surface area contributed by atoms with Crippen LogP contribution in [-0.2, 0) is 18.3 Å². The van der Waals surface area contributed by atoms with Gasteiger partial charge < -0.3 is 14.8 Å². The Morgan fingerprint density at radius 3 is 2.92 bits per heavy atom. The summed E-state index contributed by atoms with van der Waals surface area (Å²) in [5.41, 5.74) is 0.229. The summed E-state index contributed by atoms with van der Waals surface area (Å²) in [6.07, 6.45) is 3.87. The first-order valence-electron chi connectivity index (χ1n) is 7.97. The van der Waals surface area contributed by atoms with Crippen LogP contribution in [0.1, 0.15) is 23.9 Å². The SMILES string of the molecule is Cl.Cn1ccnc1C1CNCCN1C(=O)CCc1cc(F)ccc1F. The lowest BCUT2D eigenvalue weighted by Gasteiger charge is -2.35. The van der Waals surface area contributed by atoms with Gasteiger partial charge in [-0.2, -0.15) is 0 Å². The summed E-state index contributed by atoms with van der Waals surface area (Å²) in [5.74, 6) is -0.238. The quantitative estimate of drug-likeness (QED) is 0.898. The molecule has 1 amide bonds. The van der Waals surface area contributed by atoms with Crippen molar-refractivity contribution in [2.75, 3.05) is 19.6 Å². The standard InChI is InChI=1S/C17H20F2N4O.ClH/c1-22-8-7-21-17(22)15-11-20-6-9-23(15)16(24)5-2-12-10-13(18)3-4-14(12)19;/h3-4,7-8,10,15,20H,2,5-6,9,11H2,1H3;1H. The molecule has 2 heterocycles. The van der Waals surface area contributed by atoms with Crippen molar-refractivity contribution in [3.63, 3.8) is 0 Å². The molecule has 1 unspecified atom stereocenters. The maximum absolute atomic E-state index is 13.7. The second-order valence-corrected chi connectivity index (χ2v) is 5.94. The maximum Gasteiger partial charge on any atom is 0.223 e. The Labute approximate surface area is 151 Å². The summed E-state index contributed by atoms with van der Waals surface area (Å²) in [4.78, 5) is 18.7. The number of amides is 1. The summed E-state index contributed by atoms with van der Waals surface area (Å²) in [7, 11) is 1.89. The molecule has 1 aliphatic rings. The maximum atomic E-state index is 13.7. The molecular weight excluding hydrogens is 350 g/mol. The van der Waals surface area contributed by atoms with E-state index in [1.807, 2.05) is 17.8 Å². The van der Waals surface area contributed by atoms with Crippen molar-refractivity contribution in [3.8, 4) is 0 Å². The predicted molar refractivity (Wildman–Crippen MR) is 92.5 cm³/mol. The van der Waals surface area contributed by atoms with Crippen LogP contribution in [0.2, 0.25) is 0 Å². The molecule has 25 heavy (non-hydrogen) atoms. The van der Waals surface area contributed by atoms with Crippen LogP contribution in [0, 0.1) is 11.6 Å². The van der Waals surface area contributed by atoms with E-state index in [0.29, 0.717) is 19.6 Å². The number of benzene rings is 1. The van der Waals surface area contributed by atoms with Crippen molar-refractivity contribution in [1.29, 1.82) is 0 Å². The number of carbonyl (C=O) groups is 1. The Balaban J connectivity index is 0.00000225. The topological polar surface area (TPSA) is 50.2 Å². The Bertz CT molecular complexity index is 737. The predicted octanol–water partition coefficient (Wildman–Crippen LogP) is 2.23. The number of nitrogens with zero attached hydrogens (tertiary/aromatic N) is 3. The molecule has 1 fully saturated rings. The molecule has 1 aliphatic heterocycles. The van der Waals surface area contributed by atoms with Gasteiger partial charge in [-0.25, -0.2) is 13.8 Å². The number of aryl methyl sites for hydroxylation is 2. The number of hydrogen-bond acceptors (Lipinski definition) is 3. The summed E-state index contributed by atoms with van der Waals surface area (Å²) in [5, 5.41) is 3.27. The number of imidazole rings is 1. The van der Waals surface area contributed by atoms with Gasteiger partial charge in [0.1, 0.15) is 23.5 Å². The highest BCUT2D eigenvalue weighted by molar-refractivity contribution is 5.85. The van der Waals surface area contributed by atoms with Crippen LogP contribution in [0.15, 0.2) is 30.6 Å². The molecule has 0 aliphatic carbocycles. The first-order chi connectivity index (χ1) is 11.6. The van der Waals surface area contributed by atoms with Gasteiger partial charge in [-0.05, 0) is 30.2 Å². The molecule has 1 N–H and O–H groups in total. The molecule has 8 heteroatoms. The fraction of sp³-hybridized carbons (Fsp3) is 0.412. The fourth-order valence-electron chi connectivity index (χ4n) is 3.05. The Kier molecular flexibility index (Phi) is 6.50. The van der Waals surface area contributed by atoms with Crippen LogP contribution in [0.5, 0.6) is 0 Å². The highest BCUT2D eigenvalue weighted by atomic mass is 35.5. The second-order valence-electron chi connectivity index (χ2n) is 5.94. The first-order valence-corrected chi connectivity index (χ1v) is 7.97. The van der Waals surface area contributed by atoms with E-state index >= 15 is 0 Å². The van der Waals surface area contributed by atoms with E-state index in [0.717, 1.165) is 24.0 Å². The summed E-state index contributed by atoms with van der Waals surface area (Å²) in [6, 6.07) is 3.17. The van der Waals surface area contributed by atoms with Crippen LogP contribution >= 0.6 is 12.4 Å². The number of piperazine rings is 1. The summed E-state index contributed by atoms with van der Waals surface area (Å²) < 4.78 is 28.8. The number of halogens is 3. The number of nitrogens with one attached hydrogen (secondary N) is 1. The van der Waals surface area contributed by atoms with E-state index in [4.69, 9.17) is 0 Å². The minimum Gasteiger partial charge on any atom is -0.336 e. The molecule has 1 aromatic heterocycles. The van der Waals surface area contributed by atoms with E-state index < -0.39 is 11.6 Å². The van der Waals surface area contributed by atoms with Gasteiger partial charge >= 0.3 is 0 Å². The molecule has 0 saturated carbocycles. The zero-order valence-corrected chi connectivity index (χ0v) is 14.7. The van der Waals surface area contributed by atoms with Crippen molar-refractivity contribution in [2.24, 2.45) is 7.05 Å². The van der Waals surface area contributed by atoms with Gasteiger partial charge in [-0.15, -0.1) is 12.4 Å². The van der Waals surface area contributed by atoms with E-state index in [-0.39, 0.29) is 42.8 Å². The molecule has 5 nitrogen and oxygen atoms in total. The average molecular weight is 371 g/mol. The van der Waals surface area contributed by atoms with Crippen LogP contribution in [0.25, 0.3) is 0 Å². The van der Waals surface area contributed by atoms with Gasteiger partial charge in [0, 0.05) is 45.5 Å². The molecule has 1 atom stereocenters. The fourth-order valence-corrected chi connectivity index (χ4v) is 3.05. The normalized spacial score (nSPS) is 17.2. The van der Waals surface area contributed by atoms with Gasteiger partial charge in [0.25, 0.3) is 0 Å². The Morgan fingerprint density at radius 1 is 1.40 bits per heavy atom. The minimum absolute atomic E-state index is 0. The van der Waals surface area contributed by atoms with E-state index in [9.17, 15) is 13.6 Å². The number of aromatic nitrogens is 2. The van der Waals surface area contributed by atoms with E-state index in [1.54, 1.807) is 11.1 Å². The second kappa shape index (κ2) is 8.40. The lowest BCUT2D eigenvalue weighted by molar-refractivity contribution is -0.134. The minimum atomic E-state index is -0.494. The van der Waals surface area contributed by atoms with Crippen molar-refractivity contribution in [1.82, 2.24) is 19.8 Å². The molecule has 0 spiro atoms. The largest absolute Gasteiger partial charge is 0.336 e. The van der Waals surface area contributed by atoms with Crippen LogP contribution in [-0.4, -0.2) is 40.0 Å². The van der Waals surface area contributed by atoms with Crippen molar-refractivity contribution >= 4 is 18.3 Å². The summed E-state index contributed by atoms with van der Waals surface area (Å²) >= 11 is 0. The smallest absolute Gasteiger partial charge is 0.223 e. The zero-order chi connectivity index (χ0) is 17.1. The lowest BCUT2D eigenvalue weighted by Crippen LogP contribution is -2.49. The van der Waals surface area contributed by atoms with E-state index in [1.165, 1.54) is 0 Å². The highest BCUT2D eigenvalue weighted by Gasteiger charge is 2.30. The van der Waals surface area contributed by atoms with Crippen LogP contribution < -0.4 is 5.32 Å².